The fraction of sp³-hybridized carbons (Fsp3) is 0.758. The number of carbonyl (C=O) groups excluding carboxylic acids is 5. The lowest BCUT2D eigenvalue weighted by atomic mass is 9.45. The predicted octanol–water partition coefficient (Wildman–Crippen LogP) is 1.84. The number of aliphatic hydroxyl groups excluding tert-OH is 1. The fourth-order valence-electron chi connectivity index (χ4n) is 8.85. The van der Waals surface area contributed by atoms with E-state index in [-0.39, 0.29) is 60.6 Å². The minimum Gasteiger partial charge on any atom is -0.480 e. The second kappa shape index (κ2) is 12.9. The van der Waals surface area contributed by atoms with Gasteiger partial charge in [0.05, 0.1) is 12.5 Å². The zero-order valence-electron chi connectivity index (χ0n) is 26.9. The molecule has 12 nitrogen and oxygen atoms in total. The molecule has 4 aliphatic rings. The number of amides is 2. The number of fused-ring (bicyclic) bond motifs is 5. The van der Waals surface area contributed by atoms with Crippen molar-refractivity contribution in [2.75, 3.05) is 6.61 Å². The Kier molecular flexibility index (Phi) is 9.99. The molecule has 2 amide bonds. The lowest BCUT2D eigenvalue weighted by Crippen LogP contribution is -2.62. The van der Waals surface area contributed by atoms with Gasteiger partial charge in [0.15, 0.2) is 12.4 Å². The summed E-state index contributed by atoms with van der Waals surface area (Å²) >= 11 is 0. The van der Waals surface area contributed by atoms with Crippen LogP contribution in [0.25, 0.3) is 0 Å². The van der Waals surface area contributed by atoms with Crippen molar-refractivity contribution in [3.8, 4) is 0 Å². The number of nitrogens with one attached hydrogen (secondary N) is 2. The molecule has 0 aliphatic heterocycles. The van der Waals surface area contributed by atoms with E-state index in [1.54, 1.807) is 19.9 Å². The summed E-state index contributed by atoms with van der Waals surface area (Å²) in [7, 11) is 0. The molecule has 0 spiro atoms. The number of hydrogen-bond donors (Lipinski definition) is 5. The van der Waals surface area contributed by atoms with E-state index in [0.717, 1.165) is 18.4 Å². The average Bonchev–Trinajstić information content (AvgIpc) is 3.23. The van der Waals surface area contributed by atoms with Crippen molar-refractivity contribution in [3.63, 3.8) is 0 Å². The Bertz CT molecular complexity index is 1280. The van der Waals surface area contributed by atoms with Gasteiger partial charge in [0.1, 0.15) is 17.7 Å². The standard InChI is InChI=1S/C33H48N2O10/c1-17(2)28(29(41)34-18(3)30(42)43)35-25(39)8-9-26(40)45-16-24(38)33(44)13-11-22-21-7-6-19-14-20(36)10-12-31(19,4)27(21)23(37)15-32(22,33)5/h14,17-18,21-23,27-28,37,44H,6-13,15-16H2,1-5H3,(H,34,41)(H,35,39)(H,42,43)/t18-,21+,22-,23-,27-,28-,31-,32-,33-/m0/s1. The van der Waals surface area contributed by atoms with Gasteiger partial charge in [0.25, 0.3) is 0 Å². The van der Waals surface area contributed by atoms with Crippen LogP contribution in [0.5, 0.6) is 0 Å². The molecule has 250 valence electrons. The summed E-state index contributed by atoms with van der Waals surface area (Å²) in [6.45, 7) is 7.99. The van der Waals surface area contributed by atoms with Gasteiger partial charge in [0.2, 0.25) is 17.6 Å². The van der Waals surface area contributed by atoms with Crippen LogP contribution in [-0.4, -0.2) is 81.0 Å². The van der Waals surface area contributed by atoms with E-state index in [4.69, 9.17) is 9.84 Å². The lowest BCUT2D eigenvalue weighted by molar-refractivity contribution is -0.184. The predicted molar refractivity (Wildman–Crippen MR) is 160 cm³/mol. The molecule has 4 aliphatic carbocycles. The van der Waals surface area contributed by atoms with Crippen LogP contribution >= 0.6 is 0 Å². The van der Waals surface area contributed by atoms with Crippen molar-refractivity contribution in [3.05, 3.63) is 11.6 Å². The molecule has 3 saturated carbocycles. The van der Waals surface area contributed by atoms with Gasteiger partial charge < -0.3 is 30.7 Å². The van der Waals surface area contributed by atoms with Gasteiger partial charge in [-0.05, 0) is 80.6 Å². The number of esters is 1. The van der Waals surface area contributed by atoms with E-state index in [0.29, 0.717) is 19.3 Å². The van der Waals surface area contributed by atoms with Crippen LogP contribution in [0, 0.1) is 34.5 Å². The van der Waals surface area contributed by atoms with Crippen LogP contribution in [0.4, 0.5) is 0 Å². The minimum atomic E-state index is -1.79. The largest absolute Gasteiger partial charge is 0.480 e. The number of aliphatic hydroxyl groups is 2. The molecule has 0 unspecified atom stereocenters. The van der Waals surface area contributed by atoms with Crippen molar-refractivity contribution in [1.29, 1.82) is 0 Å². The van der Waals surface area contributed by atoms with Crippen molar-refractivity contribution >= 4 is 35.3 Å². The van der Waals surface area contributed by atoms with Crippen LogP contribution in [-0.2, 0) is 33.5 Å². The van der Waals surface area contributed by atoms with Crippen LogP contribution in [0.3, 0.4) is 0 Å². The number of carboxylic acid groups (broad SMARTS) is 1. The van der Waals surface area contributed by atoms with E-state index in [9.17, 15) is 39.0 Å². The first-order chi connectivity index (χ1) is 20.9. The smallest absolute Gasteiger partial charge is 0.325 e. The van der Waals surface area contributed by atoms with Gasteiger partial charge in [0, 0.05) is 18.3 Å². The molecule has 5 N–H and O–H groups in total. The number of aliphatic carboxylic acids is 1. The van der Waals surface area contributed by atoms with E-state index in [2.05, 4.69) is 17.6 Å². The summed E-state index contributed by atoms with van der Waals surface area (Å²) in [4.78, 5) is 74.1. The van der Waals surface area contributed by atoms with Crippen molar-refractivity contribution < 1.29 is 48.8 Å². The second-order valence-electron chi connectivity index (χ2n) is 14.4. The topological polar surface area (TPSA) is 196 Å². The first kappa shape index (κ1) is 34.7. The summed E-state index contributed by atoms with van der Waals surface area (Å²) in [6.07, 6.45) is 3.99. The number of carboxylic acids is 1. The van der Waals surface area contributed by atoms with Crippen LogP contribution < -0.4 is 10.6 Å². The highest BCUT2D eigenvalue weighted by Crippen LogP contribution is 2.67. The van der Waals surface area contributed by atoms with Gasteiger partial charge in [-0.15, -0.1) is 0 Å². The Morgan fingerprint density at radius 2 is 1.71 bits per heavy atom. The second-order valence-corrected chi connectivity index (χ2v) is 14.4. The fourth-order valence-corrected chi connectivity index (χ4v) is 8.85. The molecule has 9 atom stereocenters. The Morgan fingerprint density at radius 1 is 1.02 bits per heavy atom. The van der Waals surface area contributed by atoms with E-state index in [1.807, 2.05) is 6.92 Å². The van der Waals surface area contributed by atoms with E-state index < -0.39 is 65.3 Å². The molecule has 3 fully saturated rings. The SMILES string of the molecule is CC(C)[C@H](NC(=O)CCC(=O)OCC(=O)[C@@]1(O)CC[C@H]2[C@H]3CCC4=CC(=O)CC[C@]4(C)[C@@H]3[C@@H](O)C[C@@]21C)C(=O)N[C@@H](C)C(=O)O. The van der Waals surface area contributed by atoms with Gasteiger partial charge in [-0.3, -0.25) is 28.8 Å². The molecular formula is C33H48N2O10. The maximum absolute atomic E-state index is 13.5. The highest BCUT2D eigenvalue weighted by Gasteiger charge is 2.68. The number of rotatable bonds is 11. The average molecular weight is 633 g/mol. The summed E-state index contributed by atoms with van der Waals surface area (Å²) in [5.74, 6) is -4.17. The number of Topliss-reactive ketones (excluding diaryl/α,β-unsaturated/α-hetero) is 1. The first-order valence-corrected chi connectivity index (χ1v) is 16.1. The summed E-state index contributed by atoms with van der Waals surface area (Å²) in [5, 5.41) is 37.2. The Hall–Kier alpha value is -3.12. The summed E-state index contributed by atoms with van der Waals surface area (Å²) in [6, 6.07) is -2.16. The molecule has 0 radical (unpaired) electrons. The third-order valence-corrected chi connectivity index (χ3v) is 11.4. The normalized spacial score (nSPS) is 35.2. The van der Waals surface area contributed by atoms with E-state index in [1.165, 1.54) is 6.92 Å². The molecule has 0 bridgehead atoms. The molecule has 0 aromatic rings. The number of carbonyl (C=O) groups is 6. The third kappa shape index (κ3) is 6.45. The highest BCUT2D eigenvalue weighted by atomic mass is 16.5. The molecule has 0 saturated heterocycles. The first-order valence-electron chi connectivity index (χ1n) is 16.1. The van der Waals surface area contributed by atoms with E-state index >= 15 is 0 Å². The van der Waals surface area contributed by atoms with Gasteiger partial charge in [-0.1, -0.05) is 33.3 Å². The van der Waals surface area contributed by atoms with Crippen molar-refractivity contribution in [1.82, 2.24) is 10.6 Å². The molecule has 0 aromatic carbocycles. The Morgan fingerprint density at radius 3 is 2.36 bits per heavy atom. The quantitative estimate of drug-likeness (QED) is 0.210. The van der Waals surface area contributed by atoms with Crippen LogP contribution in [0.2, 0.25) is 0 Å². The zero-order chi connectivity index (χ0) is 33.5. The third-order valence-electron chi connectivity index (χ3n) is 11.4. The van der Waals surface area contributed by atoms with Gasteiger partial charge >= 0.3 is 11.9 Å². The van der Waals surface area contributed by atoms with Crippen LogP contribution in [0.1, 0.15) is 92.4 Å². The Labute approximate surface area is 263 Å². The van der Waals surface area contributed by atoms with Crippen molar-refractivity contribution in [2.45, 2.75) is 116 Å². The van der Waals surface area contributed by atoms with Crippen molar-refractivity contribution in [2.24, 2.45) is 34.5 Å². The Balaban J connectivity index is 1.33. The summed E-state index contributed by atoms with van der Waals surface area (Å²) in [5.41, 5.74) is -1.89. The minimum absolute atomic E-state index is 0.0140. The molecule has 45 heavy (non-hydrogen) atoms. The molecular weight excluding hydrogens is 584 g/mol. The number of allylic oxidation sites excluding steroid dienone is 1. The number of ketones is 2. The number of ether oxygens (including phenoxy) is 1. The number of hydrogen-bond acceptors (Lipinski definition) is 9. The monoisotopic (exact) mass is 632 g/mol. The maximum Gasteiger partial charge on any atom is 0.325 e. The molecule has 0 heterocycles. The zero-order valence-corrected chi connectivity index (χ0v) is 26.9. The van der Waals surface area contributed by atoms with Crippen LogP contribution in [0.15, 0.2) is 11.6 Å². The molecule has 4 rings (SSSR count). The van der Waals surface area contributed by atoms with Gasteiger partial charge in [-0.2, -0.15) is 0 Å². The highest BCUT2D eigenvalue weighted by molar-refractivity contribution is 5.93. The molecule has 0 aromatic heterocycles. The maximum atomic E-state index is 13.5. The molecule has 12 heteroatoms. The lowest BCUT2D eigenvalue weighted by Gasteiger charge is -2.60. The summed E-state index contributed by atoms with van der Waals surface area (Å²) < 4.78 is 5.19. The van der Waals surface area contributed by atoms with Gasteiger partial charge in [-0.25, -0.2) is 0 Å².